The Morgan fingerprint density at radius 1 is 1.00 bits per heavy atom. The van der Waals surface area contributed by atoms with Gasteiger partial charge in [0.1, 0.15) is 16.9 Å². The van der Waals surface area contributed by atoms with Crippen molar-refractivity contribution in [3.63, 3.8) is 0 Å². The number of carbonyl (C=O) groups is 1. The summed E-state index contributed by atoms with van der Waals surface area (Å²) in [7, 11) is 0. The van der Waals surface area contributed by atoms with Crippen LogP contribution >= 0.6 is 0 Å². The quantitative estimate of drug-likeness (QED) is 0.390. The Morgan fingerprint density at radius 3 is 2.39 bits per heavy atom. The number of nitrogens with two attached hydrogens (primary N) is 1. The summed E-state index contributed by atoms with van der Waals surface area (Å²) in [5.74, 6) is -0.00689. The number of ether oxygens (including phenoxy) is 1. The van der Waals surface area contributed by atoms with E-state index in [9.17, 15) is 4.79 Å². The number of para-hydroxylation sites is 2. The summed E-state index contributed by atoms with van der Waals surface area (Å²) >= 11 is 0. The van der Waals surface area contributed by atoms with Crippen LogP contribution in [-0.4, -0.2) is 27.1 Å². The van der Waals surface area contributed by atoms with Crippen molar-refractivity contribution in [3.8, 4) is 0 Å². The Morgan fingerprint density at radius 2 is 1.68 bits per heavy atom. The van der Waals surface area contributed by atoms with Crippen LogP contribution in [0.25, 0.3) is 22.2 Å². The van der Waals surface area contributed by atoms with E-state index < -0.39 is 5.97 Å². The molecule has 28 heavy (non-hydrogen) atoms. The van der Waals surface area contributed by atoms with Crippen LogP contribution in [0.2, 0.25) is 0 Å². The summed E-state index contributed by atoms with van der Waals surface area (Å²) in [6.07, 6.45) is 7.50. The molecule has 0 spiro atoms. The van der Waals surface area contributed by atoms with E-state index in [1.165, 1.54) is 19.3 Å². The van der Waals surface area contributed by atoms with E-state index >= 15 is 0 Å². The number of fused-ring (bicyclic) bond motifs is 2. The van der Waals surface area contributed by atoms with E-state index in [1.807, 2.05) is 28.8 Å². The molecule has 0 fully saturated rings. The molecule has 0 atom stereocenters. The number of unbranched alkanes of at least 4 members (excludes halogenated alkanes) is 5. The Bertz CT molecular complexity index is 949. The molecule has 3 rings (SSSR count). The molecule has 0 aliphatic rings. The molecule has 2 heterocycles. The van der Waals surface area contributed by atoms with Gasteiger partial charge in [-0.3, -0.25) is 0 Å². The topological polar surface area (TPSA) is 83.0 Å². The molecular weight excluding hydrogens is 352 g/mol. The van der Waals surface area contributed by atoms with Crippen LogP contribution < -0.4 is 5.73 Å². The first-order valence-corrected chi connectivity index (χ1v) is 10.4. The van der Waals surface area contributed by atoms with E-state index in [-0.39, 0.29) is 0 Å². The van der Waals surface area contributed by atoms with E-state index in [1.54, 1.807) is 0 Å². The monoisotopic (exact) mass is 382 g/mol. The molecule has 0 saturated heterocycles. The normalized spacial score (nSPS) is 11.4. The molecule has 6 nitrogen and oxygen atoms in total. The summed E-state index contributed by atoms with van der Waals surface area (Å²) in [4.78, 5) is 22.2. The number of rotatable bonds is 10. The van der Waals surface area contributed by atoms with E-state index in [0.717, 1.165) is 36.7 Å². The largest absolute Gasteiger partial charge is 0.462 e. The lowest BCUT2D eigenvalue weighted by Gasteiger charge is -2.07. The maximum Gasteiger partial charge on any atom is 0.344 e. The van der Waals surface area contributed by atoms with Crippen molar-refractivity contribution in [2.24, 2.45) is 0 Å². The third-order valence-electron chi connectivity index (χ3n) is 5.01. The zero-order valence-electron chi connectivity index (χ0n) is 16.9. The van der Waals surface area contributed by atoms with Crippen molar-refractivity contribution >= 4 is 34.0 Å². The summed E-state index contributed by atoms with van der Waals surface area (Å²) in [6, 6.07) is 7.65. The standard InChI is InChI=1S/C22H30N4O2/c1-3-5-7-8-11-15-28-22(27)18-19-21(26(20(18)23)14-6-4-2)25-17-13-10-9-12-16(17)24-19/h9-10,12-13H,3-8,11,14-15,23H2,1-2H3. The molecule has 2 N–H and O–H groups in total. The Kier molecular flexibility index (Phi) is 6.85. The molecule has 150 valence electrons. The van der Waals surface area contributed by atoms with Crippen LogP contribution in [0.1, 0.15) is 69.2 Å². The first-order chi connectivity index (χ1) is 13.7. The highest BCUT2D eigenvalue weighted by molar-refractivity contribution is 6.08. The third kappa shape index (κ3) is 4.26. The predicted octanol–water partition coefficient (Wildman–Crippen LogP) is 5.09. The van der Waals surface area contributed by atoms with Gasteiger partial charge in [-0.2, -0.15) is 0 Å². The van der Waals surface area contributed by atoms with Gasteiger partial charge < -0.3 is 15.0 Å². The predicted molar refractivity (Wildman–Crippen MR) is 113 cm³/mol. The van der Waals surface area contributed by atoms with Crippen molar-refractivity contribution in [1.82, 2.24) is 14.5 Å². The second-order valence-corrected chi connectivity index (χ2v) is 7.20. The van der Waals surface area contributed by atoms with Gasteiger partial charge in [0.05, 0.1) is 17.6 Å². The van der Waals surface area contributed by atoms with Gasteiger partial charge in [-0.25, -0.2) is 14.8 Å². The van der Waals surface area contributed by atoms with Crippen molar-refractivity contribution in [3.05, 3.63) is 29.8 Å². The van der Waals surface area contributed by atoms with E-state index in [0.29, 0.717) is 35.7 Å². The lowest BCUT2D eigenvalue weighted by Crippen LogP contribution is -2.11. The van der Waals surface area contributed by atoms with Gasteiger partial charge in [0.25, 0.3) is 0 Å². The zero-order chi connectivity index (χ0) is 19.9. The van der Waals surface area contributed by atoms with Crippen molar-refractivity contribution in [1.29, 1.82) is 0 Å². The van der Waals surface area contributed by atoms with Gasteiger partial charge in [-0.05, 0) is 25.0 Å². The first kappa shape index (κ1) is 20.1. The van der Waals surface area contributed by atoms with Gasteiger partial charge in [-0.15, -0.1) is 0 Å². The average Bonchev–Trinajstić information content (AvgIpc) is 2.97. The highest BCUT2D eigenvalue weighted by Crippen LogP contribution is 2.29. The molecule has 1 aromatic carbocycles. The van der Waals surface area contributed by atoms with Crippen molar-refractivity contribution in [2.75, 3.05) is 12.3 Å². The highest BCUT2D eigenvalue weighted by atomic mass is 16.5. The van der Waals surface area contributed by atoms with Crippen molar-refractivity contribution in [2.45, 2.75) is 65.3 Å². The molecule has 0 radical (unpaired) electrons. The summed E-state index contributed by atoms with van der Waals surface area (Å²) in [5, 5.41) is 0. The minimum Gasteiger partial charge on any atom is -0.462 e. The molecule has 3 aromatic rings. The zero-order valence-corrected chi connectivity index (χ0v) is 16.9. The Hall–Kier alpha value is -2.63. The molecule has 0 bridgehead atoms. The number of aromatic nitrogens is 3. The number of esters is 1. The number of hydrogen-bond donors (Lipinski definition) is 1. The number of anilines is 1. The molecular formula is C22H30N4O2. The molecule has 0 aliphatic heterocycles. The second kappa shape index (κ2) is 9.53. The van der Waals surface area contributed by atoms with Gasteiger partial charge in [0, 0.05) is 6.54 Å². The third-order valence-corrected chi connectivity index (χ3v) is 5.01. The van der Waals surface area contributed by atoms with Gasteiger partial charge in [-0.1, -0.05) is 58.1 Å². The molecule has 0 amide bonds. The van der Waals surface area contributed by atoms with Gasteiger partial charge >= 0.3 is 5.97 Å². The number of carbonyl (C=O) groups excluding carboxylic acids is 1. The van der Waals surface area contributed by atoms with Crippen LogP contribution in [-0.2, 0) is 11.3 Å². The van der Waals surface area contributed by atoms with Gasteiger partial charge in [0.2, 0.25) is 0 Å². The van der Waals surface area contributed by atoms with Crippen LogP contribution in [0.5, 0.6) is 0 Å². The number of hydrogen-bond acceptors (Lipinski definition) is 5. The number of aryl methyl sites for hydroxylation is 1. The Balaban J connectivity index is 1.90. The second-order valence-electron chi connectivity index (χ2n) is 7.20. The van der Waals surface area contributed by atoms with Crippen LogP contribution in [0, 0.1) is 0 Å². The van der Waals surface area contributed by atoms with E-state index in [2.05, 4.69) is 13.8 Å². The summed E-state index contributed by atoms with van der Waals surface area (Å²) < 4.78 is 7.43. The first-order valence-electron chi connectivity index (χ1n) is 10.4. The van der Waals surface area contributed by atoms with Gasteiger partial charge in [0.15, 0.2) is 5.65 Å². The maximum atomic E-state index is 12.8. The van der Waals surface area contributed by atoms with Crippen LogP contribution in [0.15, 0.2) is 24.3 Å². The minimum absolute atomic E-state index is 0.345. The summed E-state index contributed by atoms with van der Waals surface area (Å²) in [5.41, 5.74) is 9.44. The van der Waals surface area contributed by atoms with Crippen LogP contribution in [0.4, 0.5) is 5.82 Å². The highest BCUT2D eigenvalue weighted by Gasteiger charge is 2.24. The average molecular weight is 383 g/mol. The van der Waals surface area contributed by atoms with Crippen LogP contribution in [0.3, 0.4) is 0 Å². The SMILES string of the molecule is CCCCCCCOC(=O)c1c(N)n(CCCC)c2nc3ccccc3nc12. The minimum atomic E-state index is -0.405. The fourth-order valence-corrected chi connectivity index (χ4v) is 3.40. The smallest absolute Gasteiger partial charge is 0.344 e. The number of nitrogen functional groups attached to an aromatic ring is 1. The maximum absolute atomic E-state index is 12.8. The molecule has 6 heteroatoms. The molecule has 0 aliphatic carbocycles. The fraction of sp³-hybridized carbons (Fsp3) is 0.500. The summed E-state index contributed by atoms with van der Waals surface area (Å²) in [6.45, 7) is 5.42. The van der Waals surface area contributed by atoms with E-state index in [4.69, 9.17) is 20.4 Å². The van der Waals surface area contributed by atoms with Crippen molar-refractivity contribution < 1.29 is 9.53 Å². The molecule has 0 saturated carbocycles. The molecule has 2 aromatic heterocycles. The molecule has 0 unspecified atom stereocenters. The number of benzene rings is 1. The lowest BCUT2D eigenvalue weighted by atomic mass is 10.2. The fourth-order valence-electron chi connectivity index (χ4n) is 3.40. The lowest BCUT2D eigenvalue weighted by molar-refractivity contribution is 0.0501. The number of nitrogens with zero attached hydrogens (tertiary/aromatic N) is 3. The Labute approximate surface area is 166 Å².